The molecule has 190 valence electrons. The number of anilines is 2. The second-order valence-corrected chi connectivity index (χ2v) is 10.6. The smallest absolute Gasteiger partial charge is 0.341 e. The van der Waals surface area contributed by atoms with Crippen LogP contribution in [0.25, 0.3) is 11.1 Å². The molecule has 0 aliphatic heterocycles. The number of ether oxygens (including phenoxy) is 1. The number of halogens is 2. The van der Waals surface area contributed by atoms with Gasteiger partial charge in [-0.2, -0.15) is 0 Å². The molecule has 0 saturated heterocycles. The van der Waals surface area contributed by atoms with Gasteiger partial charge in [-0.05, 0) is 49.4 Å². The van der Waals surface area contributed by atoms with Crippen molar-refractivity contribution in [2.24, 2.45) is 0 Å². The number of hydrogen-bond donors (Lipinski definition) is 2. The zero-order chi connectivity index (χ0) is 26.6. The van der Waals surface area contributed by atoms with Gasteiger partial charge in [0.2, 0.25) is 0 Å². The number of sulfonamides is 1. The number of nitrogens with one attached hydrogen (secondary N) is 2. The van der Waals surface area contributed by atoms with Crippen molar-refractivity contribution in [3.63, 3.8) is 0 Å². The van der Waals surface area contributed by atoms with Gasteiger partial charge in [-0.15, -0.1) is 11.3 Å². The summed E-state index contributed by atoms with van der Waals surface area (Å²) >= 11 is 7.45. The average molecular weight is 559 g/mol. The Morgan fingerprint density at radius 1 is 0.973 bits per heavy atom. The molecule has 0 atom stereocenters. The van der Waals surface area contributed by atoms with E-state index in [0.717, 1.165) is 35.6 Å². The second-order valence-electron chi connectivity index (χ2n) is 7.61. The van der Waals surface area contributed by atoms with Gasteiger partial charge in [0.05, 0.1) is 22.8 Å². The maximum absolute atomic E-state index is 13.3. The summed E-state index contributed by atoms with van der Waals surface area (Å²) in [7, 11) is -4.11. The molecule has 0 spiro atoms. The highest BCUT2D eigenvalue weighted by atomic mass is 35.5. The van der Waals surface area contributed by atoms with Crippen LogP contribution in [-0.4, -0.2) is 26.9 Å². The topological polar surface area (TPSA) is 102 Å². The molecule has 1 aromatic heterocycles. The van der Waals surface area contributed by atoms with Crippen LogP contribution in [0.2, 0.25) is 5.02 Å². The standard InChI is InChI=1S/C26H20ClFN2O5S2/c1-2-35-26(32)23-20(18-7-3-5-9-21(18)27)15-36-25(23)29-24(31)19-8-4-6-10-22(19)30-37(33,34)17-13-11-16(28)12-14-17/h3-15,30H,2H2,1H3,(H,29,31). The van der Waals surface area contributed by atoms with Crippen LogP contribution in [0.15, 0.2) is 83.1 Å². The van der Waals surface area contributed by atoms with Crippen molar-refractivity contribution in [1.82, 2.24) is 0 Å². The first-order chi connectivity index (χ1) is 17.7. The van der Waals surface area contributed by atoms with E-state index in [2.05, 4.69) is 10.0 Å². The number of benzene rings is 3. The lowest BCUT2D eigenvalue weighted by Crippen LogP contribution is -2.19. The number of para-hydroxylation sites is 1. The number of carbonyl (C=O) groups is 2. The quantitative estimate of drug-likeness (QED) is 0.242. The summed E-state index contributed by atoms with van der Waals surface area (Å²) in [4.78, 5) is 26.0. The van der Waals surface area contributed by atoms with Gasteiger partial charge >= 0.3 is 5.97 Å². The van der Waals surface area contributed by atoms with Crippen LogP contribution in [0, 0.1) is 5.82 Å². The molecule has 1 heterocycles. The lowest BCUT2D eigenvalue weighted by Gasteiger charge is -2.13. The van der Waals surface area contributed by atoms with Gasteiger partial charge in [-0.25, -0.2) is 17.6 Å². The third kappa shape index (κ3) is 5.82. The number of esters is 1. The van der Waals surface area contributed by atoms with Gasteiger partial charge in [0.25, 0.3) is 15.9 Å². The fourth-order valence-corrected chi connectivity index (χ4v) is 5.75. The zero-order valence-electron chi connectivity index (χ0n) is 19.3. The first-order valence-electron chi connectivity index (χ1n) is 10.9. The summed E-state index contributed by atoms with van der Waals surface area (Å²) in [5.41, 5.74) is 1.24. The van der Waals surface area contributed by atoms with Crippen LogP contribution in [-0.2, 0) is 14.8 Å². The Kier molecular flexibility index (Phi) is 7.91. The van der Waals surface area contributed by atoms with E-state index in [4.69, 9.17) is 16.3 Å². The monoisotopic (exact) mass is 558 g/mol. The summed E-state index contributed by atoms with van der Waals surface area (Å²) in [6, 6.07) is 17.2. The Hall–Kier alpha value is -3.73. The Morgan fingerprint density at radius 2 is 1.65 bits per heavy atom. The molecule has 2 N–H and O–H groups in total. The van der Waals surface area contributed by atoms with Gasteiger partial charge in [-0.3, -0.25) is 9.52 Å². The lowest BCUT2D eigenvalue weighted by molar-refractivity contribution is 0.0529. The molecule has 7 nitrogen and oxygen atoms in total. The summed E-state index contributed by atoms with van der Waals surface area (Å²) in [6.07, 6.45) is 0. The summed E-state index contributed by atoms with van der Waals surface area (Å²) < 4.78 is 46.5. The first-order valence-corrected chi connectivity index (χ1v) is 13.7. The Labute approximate surface area is 221 Å². The van der Waals surface area contributed by atoms with E-state index in [1.54, 1.807) is 48.7 Å². The predicted molar refractivity (Wildman–Crippen MR) is 142 cm³/mol. The third-order valence-electron chi connectivity index (χ3n) is 5.20. The van der Waals surface area contributed by atoms with Crippen molar-refractivity contribution < 1.29 is 27.1 Å². The van der Waals surface area contributed by atoms with E-state index in [1.807, 2.05) is 0 Å². The number of amides is 1. The normalized spacial score (nSPS) is 11.1. The first kappa shape index (κ1) is 26.3. The van der Waals surface area contributed by atoms with Crippen LogP contribution >= 0.6 is 22.9 Å². The van der Waals surface area contributed by atoms with Gasteiger partial charge in [0.1, 0.15) is 16.4 Å². The minimum Gasteiger partial charge on any atom is -0.462 e. The number of rotatable bonds is 8. The van der Waals surface area contributed by atoms with Gasteiger partial charge in [0.15, 0.2) is 0 Å². The highest BCUT2D eigenvalue weighted by Gasteiger charge is 2.25. The molecule has 0 bridgehead atoms. The van der Waals surface area contributed by atoms with Crippen LogP contribution in [0.3, 0.4) is 0 Å². The average Bonchev–Trinajstić information content (AvgIpc) is 3.28. The molecular formula is C26H20ClFN2O5S2. The maximum atomic E-state index is 13.3. The van der Waals surface area contributed by atoms with Crippen molar-refractivity contribution in [2.45, 2.75) is 11.8 Å². The fourth-order valence-electron chi connectivity index (χ4n) is 3.49. The zero-order valence-corrected chi connectivity index (χ0v) is 21.7. The summed E-state index contributed by atoms with van der Waals surface area (Å²) in [5, 5.41) is 5.02. The van der Waals surface area contributed by atoms with Crippen LogP contribution in [0.1, 0.15) is 27.6 Å². The van der Waals surface area contributed by atoms with Crippen molar-refractivity contribution in [3.8, 4) is 11.1 Å². The van der Waals surface area contributed by atoms with E-state index in [9.17, 15) is 22.4 Å². The molecule has 1 amide bonds. The lowest BCUT2D eigenvalue weighted by atomic mass is 10.0. The molecule has 0 aliphatic carbocycles. The SMILES string of the molecule is CCOC(=O)c1c(-c2ccccc2Cl)csc1NC(=O)c1ccccc1NS(=O)(=O)c1ccc(F)cc1. The molecule has 11 heteroatoms. The van der Waals surface area contributed by atoms with E-state index >= 15 is 0 Å². The van der Waals surface area contributed by atoms with E-state index < -0.39 is 27.7 Å². The molecule has 0 aliphatic rings. The number of carbonyl (C=O) groups excluding carboxylic acids is 2. The Morgan fingerprint density at radius 3 is 2.35 bits per heavy atom. The van der Waals surface area contributed by atoms with Crippen molar-refractivity contribution in [1.29, 1.82) is 0 Å². The number of thiophene rings is 1. The van der Waals surface area contributed by atoms with E-state index in [1.165, 1.54) is 12.1 Å². The molecule has 3 aromatic carbocycles. The predicted octanol–water partition coefficient (Wildman–Crippen LogP) is 6.44. The Balaban J connectivity index is 1.68. The molecule has 0 fully saturated rings. The van der Waals surface area contributed by atoms with Crippen LogP contribution in [0.4, 0.5) is 15.1 Å². The van der Waals surface area contributed by atoms with Gasteiger partial charge in [-0.1, -0.05) is 41.9 Å². The molecule has 0 saturated carbocycles. The Bertz CT molecular complexity index is 1570. The maximum Gasteiger partial charge on any atom is 0.341 e. The summed E-state index contributed by atoms with van der Waals surface area (Å²) in [5.74, 6) is -1.88. The minimum atomic E-state index is -4.11. The fraction of sp³-hybridized carbons (Fsp3) is 0.0769. The summed E-state index contributed by atoms with van der Waals surface area (Å²) in [6.45, 7) is 1.79. The van der Waals surface area contributed by atoms with Gasteiger partial charge < -0.3 is 10.1 Å². The highest BCUT2D eigenvalue weighted by Crippen LogP contribution is 2.39. The van der Waals surface area contributed by atoms with Crippen molar-refractivity contribution in [2.75, 3.05) is 16.6 Å². The molecule has 0 unspecified atom stereocenters. The third-order valence-corrected chi connectivity index (χ3v) is 7.81. The van der Waals surface area contributed by atoms with Crippen molar-refractivity contribution in [3.05, 3.63) is 100 Å². The second kappa shape index (κ2) is 11.1. The molecule has 37 heavy (non-hydrogen) atoms. The van der Waals surface area contributed by atoms with Gasteiger partial charge in [0, 0.05) is 21.5 Å². The minimum absolute atomic E-state index is 0.00453. The molecular weight excluding hydrogens is 539 g/mol. The van der Waals surface area contributed by atoms with E-state index in [0.29, 0.717) is 16.1 Å². The van der Waals surface area contributed by atoms with E-state index in [-0.39, 0.29) is 33.3 Å². The molecule has 4 rings (SSSR count). The van der Waals surface area contributed by atoms with Crippen LogP contribution < -0.4 is 10.0 Å². The van der Waals surface area contributed by atoms with Crippen LogP contribution in [0.5, 0.6) is 0 Å². The largest absolute Gasteiger partial charge is 0.462 e. The molecule has 4 aromatic rings. The highest BCUT2D eigenvalue weighted by molar-refractivity contribution is 7.92. The molecule has 0 radical (unpaired) electrons. The number of hydrogen-bond acceptors (Lipinski definition) is 6. The van der Waals surface area contributed by atoms with Crippen molar-refractivity contribution >= 4 is 55.5 Å².